The molecule has 6 nitrogen and oxygen atoms in total. The van der Waals surface area contributed by atoms with Crippen LogP contribution in [-0.2, 0) is 17.7 Å². The number of aromatic nitrogens is 3. The van der Waals surface area contributed by atoms with Gasteiger partial charge in [0.1, 0.15) is 5.69 Å². The minimum atomic E-state index is -0.889. The Kier molecular flexibility index (Phi) is 4.21. The zero-order valence-corrected chi connectivity index (χ0v) is 10.6. The lowest BCUT2D eigenvalue weighted by molar-refractivity contribution is 0.0500. The second-order valence-electron chi connectivity index (χ2n) is 4.60. The minimum absolute atomic E-state index is 0.189. The van der Waals surface area contributed by atoms with Gasteiger partial charge in [0.15, 0.2) is 0 Å². The first-order chi connectivity index (χ1) is 7.89. The van der Waals surface area contributed by atoms with Crippen LogP contribution in [0, 0.1) is 11.3 Å². The number of hydrogen-bond acceptors (Lipinski definition) is 5. The average Bonchev–Trinajstić information content (AvgIpc) is 2.58. The number of aliphatic hydroxyl groups is 1. The molecule has 0 aliphatic heterocycles. The van der Waals surface area contributed by atoms with Crippen molar-refractivity contribution in [3.8, 4) is 6.07 Å². The van der Waals surface area contributed by atoms with Gasteiger partial charge in [0.2, 0.25) is 0 Å². The third-order valence-electron chi connectivity index (χ3n) is 2.37. The first-order valence-electron chi connectivity index (χ1n) is 5.43. The number of rotatable bonds is 5. The van der Waals surface area contributed by atoms with E-state index in [1.807, 2.05) is 13.0 Å². The third-order valence-corrected chi connectivity index (χ3v) is 2.37. The molecular weight excluding hydrogens is 220 g/mol. The van der Waals surface area contributed by atoms with Gasteiger partial charge in [-0.25, -0.2) is 4.68 Å². The third kappa shape index (κ3) is 3.51. The Balaban J connectivity index is 3.09. The zero-order chi connectivity index (χ0) is 13.1. The van der Waals surface area contributed by atoms with Crippen molar-refractivity contribution in [1.29, 1.82) is 5.26 Å². The molecule has 0 aliphatic carbocycles. The lowest BCUT2D eigenvalue weighted by Crippen LogP contribution is -2.28. The second kappa shape index (κ2) is 5.25. The average molecular weight is 238 g/mol. The highest BCUT2D eigenvalue weighted by atomic mass is 16.5. The number of hydrogen-bond donors (Lipinski definition) is 1. The van der Waals surface area contributed by atoms with E-state index in [-0.39, 0.29) is 12.5 Å². The van der Waals surface area contributed by atoms with E-state index in [2.05, 4.69) is 10.3 Å². The fourth-order valence-electron chi connectivity index (χ4n) is 1.60. The van der Waals surface area contributed by atoms with Gasteiger partial charge in [-0.3, -0.25) is 0 Å². The smallest absolute Gasteiger partial charge is 0.103 e. The van der Waals surface area contributed by atoms with Gasteiger partial charge in [-0.1, -0.05) is 5.21 Å². The van der Waals surface area contributed by atoms with Crippen molar-refractivity contribution < 1.29 is 9.84 Å². The molecule has 1 aromatic heterocycles. The molecule has 0 amide bonds. The van der Waals surface area contributed by atoms with E-state index in [0.29, 0.717) is 12.2 Å². The summed E-state index contributed by atoms with van der Waals surface area (Å²) in [6, 6.07) is 2.05. The fourth-order valence-corrected chi connectivity index (χ4v) is 1.60. The van der Waals surface area contributed by atoms with Crippen molar-refractivity contribution in [3.05, 3.63) is 11.4 Å². The predicted molar refractivity (Wildman–Crippen MR) is 61.1 cm³/mol. The zero-order valence-electron chi connectivity index (χ0n) is 10.6. The summed E-state index contributed by atoms with van der Waals surface area (Å²) in [5.74, 6) is 0. The Hall–Kier alpha value is -1.45. The van der Waals surface area contributed by atoms with E-state index in [9.17, 15) is 5.11 Å². The molecule has 1 N–H and O–H groups in total. The number of methoxy groups -OCH3 is 1. The van der Waals surface area contributed by atoms with Crippen molar-refractivity contribution in [2.75, 3.05) is 7.11 Å². The largest absolute Gasteiger partial charge is 0.389 e. The summed E-state index contributed by atoms with van der Waals surface area (Å²) in [6.45, 7) is 5.56. The first kappa shape index (κ1) is 13.6. The van der Waals surface area contributed by atoms with Gasteiger partial charge in [-0.15, -0.1) is 5.10 Å². The standard InChI is InChI=1S/C11H18N4O2/c1-8(17-4)10-9(5-6-12)13-14-15(10)7-11(2,3)16/h8,16H,5,7H2,1-4H3. The molecule has 0 aromatic carbocycles. The Bertz CT molecular complexity index is 414. The van der Waals surface area contributed by atoms with Gasteiger partial charge in [-0.2, -0.15) is 5.26 Å². The van der Waals surface area contributed by atoms with Crippen LogP contribution in [0.4, 0.5) is 0 Å². The summed E-state index contributed by atoms with van der Waals surface area (Å²) in [5.41, 5.74) is 0.460. The number of nitrogens with zero attached hydrogens (tertiary/aromatic N) is 4. The Morgan fingerprint density at radius 1 is 1.59 bits per heavy atom. The number of ether oxygens (including phenoxy) is 1. The van der Waals surface area contributed by atoms with Gasteiger partial charge in [0.05, 0.1) is 36.4 Å². The molecule has 17 heavy (non-hydrogen) atoms. The summed E-state index contributed by atoms with van der Waals surface area (Å²) in [7, 11) is 1.59. The molecule has 1 aromatic rings. The molecule has 0 spiro atoms. The van der Waals surface area contributed by atoms with Crippen LogP contribution in [0.1, 0.15) is 38.3 Å². The summed E-state index contributed by atoms with van der Waals surface area (Å²) in [5, 5.41) is 26.4. The lowest BCUT2D eigenvalue weighted by atomic mass is 10.1. The summed E-state index contributed by atoms with van der Waals surface area (Å²) >= 11 is 0. The van der Waals surface area contributed by atoms with Gasteiger partial charge in [-0.05, 0) is 20.8 Å². The first-order valence-corrected chi connectivity index (χ1v) is 5.43. The van der Waals surface area contributed by atoms with E-state index < -0.39 is 5.60 Å². The SMILES string of the molecule is COC(C)c1c(CC#N)nnn1CC(C)(C)O. The highest BCUT2D eigenvalue weighted by Gasteiger charge is 2.23. The molecule has 0 fully saturated rings. The summed E-state index contributed by atoms with van der Waals surface area (Å²) < 4.78 is 6.84. The molecule has 0 aliphatic rings. The van der Waals surface area contributed by atoms with Crippen LogP contribution in [-0.4, -0.2) is 32.8 Å². The Morgan fingerprint density at radius 3 is 2.71 bits per heavy atom. The van der Waals surface area contributed by atoms with Gasteiger partial charge in [0, 0.05) is 7.11 Å². The highest BCUT2D eigenvalue weighted by molar-refractivity contribution is 5.16. The van der Waals surface area contributed by atoms with Crippen LogP contribution in [0.3, 0.4) is 0 Å². The molecule has 0 radical (unpaired) electrons. The van der Waals surface area contributed by atoms with Crippen LogP contribution in [0.15, 0.2) is 0 Å². The van der Waals surface area contributed by atoms with Crippen LogP contribution >= 0.6 is 0 Å². The van der Waals surface area contributed by atoms with Gasteiger partial charge < -0.3 is 9.84 Å². The maximum atomic E-state index is 9.79. The van der Waals surface area contributed by atoms with Crippen molar-refractivity contribution in [1.82, 2.24) is 15.0 Å². The van der Waals surface area contributed by atoms with Gasteiger partial charge in [0.25, 0.3) is 0 Å². The summed E-state index contributed by atoms with van der Waals surface area (Å²) in [4.78, 5) is 0. The van der Waals surface area contributed by atoms with Crippen molar-refractivity contribution in [3.63, 3.8) is 0 Å². The van der Waals surface area contributed by atoms with Crippen molar-refractivity contribution in [2.24, 2.45) is 0 Å². The Labute approximate surface area is 101 Å². The molecule has 1 heterocycles. The molecule has 0 saturated heterocycles. The summed E-state index contributed by atoms with van der Waals surface area (Å²) in [6.07, 6.45) is -0.0229. The van der Waals surface area contributed by atoms with Crippen LogP contribution in [0.2, 0.25) is 0 Å². The van der Waals surface area contributed by atoms with Gasteiger partial charge >= 0.3 is 0 Å². The highest BCUT2D eigenvalue weighted by Crippen LogP contribution is 2.20. The molecule has 0 saturated carbocycles. The van der Waals surface area contributed by atoms with Crippen LogP contribution < -0.4 is 0 Å². The monoisotopic (exact) mass is 238 g/mol. The van der Waals surface area contributed by atoms with Crippen LogP contribution in [0.25, 0.3) is 0 Å². The predicted octanol–water partition coefficient (Wildman–Crippen LogP) is 0.822. The van der Waals surface area contributed by atoms with Crippen molar-refractivity contribution >= 4 is 0 Å². The lowest BCUT2D eigenvalue weighted by Gasteiger charge is -2.20. The molecule has 1 rings (SSSR count). The molecule has 0 bridgehead atoms. The van der Waals surface area contributed by atoms with E-state index in [1.165, 1.54) is 0 Å². The molecule has 1 unspecified atom stereocenters. The minimum Gasteiger partial charge on any atom is -0.389 e. The topological polar surface area (TPSA) is 84.0 Å². The van der Waals surface area contributed by atoms with E-state index >= 15 is 0 Å². The normalized spacial score (nSPS) is 13.4. The number of nitriles is 1. The molecule has 1 atom stereocenters. The molecule has 94 valence electrons. The maximum Gasteiger partial charge on any atom is 0.103 e. The maximum absolute atomic E-state index is 9.79. The van der Waals surface area contributed by atoms with Crippen molar-refractivity contribution in [2.45, 2.75) is 45.4 Å². The Morgan fingerprint density at radius 2 is 2.24 bits per heavy atom. The molecule has 6 heteroatoms. The molecular formula is C11H18N4O2. The fraction of sp³-hybridized carbons (Fsp3) is 0.727. The second-order valence-corrected chi connectivity index (χ2v) is 4.60. The van der Waals surface area contributed by atoms with E-state index in [0.717, 1.165) is 5.69 Å². The van der Waals surface area contributed by atoms with E-state index in [4.69, 9.17) is 10.00 Å². The quantitative estimate of drug-likeness (QED) is 0.821. The van der Waals surface area contributed by atoms with Crippen LogP contribution in [0.5, 0.6) is 0 Å². The van der Waals surface area contributed by atoms with E-state index in [1.54, 1.807) is 25.6 Å².